The van der Waals surface area contributed by atoms with Crippen molar-refractivity contribution < 1.29 is 0 Å². The van der Waals surface area contributed by atoms with Crippen LogP contribution in [0.4, 0.5) is 0 Å². The van der Waals surface area contributed by atoms with Gasteiger partial charge in [0.25, 0.3) is 0 Å². The fraction of sp³-hybridized carbons (Fsp3) is 0.765. The lowest BCUT2D eigenvalue weighted by Crippen LogP contribution is -2.35. The van der Waals surface area contributed by atoms with Crippen LogP contribution in [0.25, 0.3) is 0 Å². The zero-order chi connectivity index (χ0) is 14.2. The molecule has 3 nitrogen and oxygen atoms in total. The number of fused-ring (bicyclic) bond motifs is 1. The van der Waals surface area contributed by atoms with Crippen LogP contribution in [0.3, 0.4) is 0 Å². The van der Waals surface area contributed by atoms with E-state index in [-0.39, 0.29) is 5.41 Å². The summed E-state index contributed by atoms with van der Waals surface area (Å²) in [5, 5.41) is 0. The zero-order valence-electron chi connectivity index (χ0n) is 13.2. The Morgan fingerprint density at radius 1 is 1.25 bits per heavy atom. The molecule has 2 heterocycles. The highest BCUT2D eigenvalue weighted by Crippen LogP contribution is 2.28. The van der Waals surface area contributed by atoms with Crippen LogP contribution < -0.4 is 0 Å². The highest BCUT2D eigenvalue weighted by Gasteiger charge is 2.25. The average Bonchev–Trinajstić information content (AvgIpc) is 2.90. The Bertz CT molecular complexity index is 470. The molecule has 0 amide bonds. The van der Waals surface area contributed by atoms with Crippen LogP contribution in [-0.2, 0) is 18.4 Å². The molecule has 20 heavy (non-hydrogen) atoms. The Labute approximate surface area is 122 Å². The van der Waals surface area contributed by atoms with Crippen LogP contribution in [0.5, 0.6) is 0 Å². The molecular weight excluding hydrogens is 246 g/mol. The van der Waals surface area contributed by atoms with E-state index < -0.39 is 0 Å². The number of aromatic nitrogens is 2. The van der Waals surface area contributed by atoms with Gasteiger partial charge in [-0.25, -0.2) is 9.97 Å². The molecule has 1 saturated carbocycles. The van der Waals surface area contributed by atoms with E-state index in [4.69, 9.17) is 4.98 Å². The summed E-state index contributed by atoms with van der Waals surface area (Å²) in [6, 6.07) is 0. The molecule has 1 fully saturated rings. The van der Waals surface area contributed by atoms with Crippen molar-refractivity contribution in [1.82, 2.24) is 14.9 Å². The fourth-order valence-corrected chi connectivity index (χ4v) is 3.43. The van der Waals surface area contributed by atoms with E-state index in [0.29, 0.717) is 0 Å². The molecule has 0 radical (unpaired) electrons. The van der Waals surface area contributed by atoms with Crippen LogP contribution in [-0.4, -0.2) is 28.0 Å². The lowest BCUT2D eigenvalue weighted by molar-refractivity contribution is 0.210. The smallest absolute Gasteiger partial charge is 0.133 e. The first-order valence-electron chi connectivity index (χ1n) is 8.10. The molecule has 2 aliphatic rings. The molecular formula is C17H27N3. The van der Waals surface area contributed by atoms with Gasteiger partial charge in [0.05, 0.1) is 5.69 Å². The third-order valence-electron chi connectivity index (χ3n) is 4.69. The summed E-state index contributed by atoms with van der Waals surface area (Å²) in [6.07, 6.45) is 8.92. The maximum absolute atomic E-state index is 4.86. The first kappa shape index (κ1) is 14.0. The molecule has 0 N–H and O–H groups in total. The molecule has 0 unspecified atom stereocenters. The summed E-state index contributed by atoms with van der Waals surface area (Å²) in [4.78, 5) is 12.0. The fourth-order valence-electron chi connectivity index (χ4n) is 3.43. The Balaban J connectivity index is 1.72. The van der Waals surface area contributed by atoms with Gasteiger partial charge < -0.3 is 0 Å². The molecule has 3 heteroatoms. The van der Waals surface area contributed by atoms with Crippen molar-refractivity contribution in [2.24, 2.45) is 5.92 Å². The number of rotatable bonds is 2. The van der Waals surface area contributed by atoms with E-state index >= 15 is 0 Å². The van der Waals surface area contributed by atoms with E-state index in [9.17, 15) is 0 Å². The van der Waals surface area contributed by atoms with Gasteiger partial charge >= 0.3 is 0 Å². The second-order valence-corrected chi connectivity index (χ2v) is 7.55. The van der Waals surface area contributed by atoms with E-state index in [1.807, 2.05) is 0 Å². The van der Waals surface area contributed by atoms with Crippen LogP contribution in [0.2, 0.25) is 0 Å². The van der Waals surface area contributed by atoms with Gasteiger partial charge in [-0.15, -0.1) is 0 Å². The van der Waals surface area contributed by atoms with Gasteiger partial charge in [-0.1, -0.05) is 33.6 Å². The van der Waals surface area contributed by atoms with Crippen molar-refractivity contribution in [2.75, 3.05) is 13.1 Å². The molecule has 3 rings (SSSR count). The van der Waals surface area contributed by atoms with Crippen LogP contribution in [0, 0.1) is 5.92 Å². The number of hydrogen-bond acceptors (Lipinski definition) is 3. The zero-order valence-corrected chi connectivity index (χ0v) is 13.2. The van der Waals surface area contributed by atoms with Crippen molar-refractivity contribution in [2.45, 2.75) is 64.8 Å². The Hall–Kier alpha value is -0.960. The minimum Gasteiger partial charge on any atom is -0.297 e. The first-order chi connectivity index (χ1) is 9.52. The number of nitrogens with zero attached hydrogens (tertiary/aromatic N) is 3. The van der Waals surface area contributed by atoms with Crippen LogP contribution >= 0.6 is 0 Å². The molecule has 0 saturated heterocycles. The van der Waals surface area contributed by atoms with Gasteiger partial charge in [-0.05, 0) is 30.7 Å². The van der Waals surface area contributed by atoms with E-state index in [1.54, 1.807) is 0 Å². The average molecular weight is 273 g/mol. The van der Waals surface area contributed by atoms with Crippen molar-refractivity contribution in [3.05, 3.63) is 23.3 Å². The molecule has 0 aromatic carbocycles. The molecule has 0 spiro atoms. The van der Waals surface area contributed by atoms with Gasteiger partial charge in [-0.3, -0.25) is 4.90 Å². The third-order valence-corrected chi connectivity index (χ3v) is 4.69. The molecule has 0 atom stereocenters. The minimum atomic E-state index is 0.0444. The molecule has 1 aliphatic carbocycles. The summed E-state index contributed by atoms with van der Waals surface area (Å²) < 4.78 is 0. The standard InChI is InChI=1S/C17H27N3/c1-17(2,3)16-18-10-14-8-9-20(12-15(14)19-16)11-13-6-4-5-7-13/h10,13H,4-9,11-12H2,1-3H3. The van der Waals surface area contributed by atoms with Gasteiger partial charge in [0.2, 0.25) is 0 Å². The second kappa shape index (κ2) is 5.44. The van der Waals surface area contributed by atoms with E-state index in [1.165, 1.54) is 50.0 Å². The molecule has 1 aromatic heterocycles. The van der Waals surface area contributed by atoms with Crippen molar-refractivity contribution in [3.8, 4) is 0 Å². The second-order valence-electron chi connectivity index (χ2n) is 7.55. The van der Waals surface area contributed by atoms with E-state index in [2.05, 4.69) is 36.9 Å². The Kier molecular flexibility index (Phi) is 3.80. The molecule has 0 bridgehead atoms. The SMILES string of the molecule is CC(C)(C)c1ncc2c(n1)CN(CC1CCCC1)CC2. The van der Waals surface area contributed by atoms with Crippen LogP contribution in [0.15, 0.2) is 6.20 Å². The Morgan fingerprint density at radius 3 is 2.70 bits per heavy atom. The summed E-state index contributed by atoms with van der Waals surface area (Å²) in [6.45, 7) is 10.0. The van der Waals surface area contributed by atoms with Gasteiger partial charge in [0, 0.05) is 31.2 Å². The van der Waals surface area contributed by atoms with Gasteiger partial charge in [0.15, 0.2) is 0 Å². The molecule has 110 valence electrons. The van der Waals surface area contributed by atoms with E-state index in [0.717, 1.165) is 24.7 Å². The predicted molar refractivity (Wildman–Crippen MR) is 81.7 cm³/mol. The third kappa shape index (κ3) is 3.03. The van der Waals surface area contributed by atoms with Crippen molar-refractivity contribution in [1.29, 1.82) is 0 Å². The monoisotopic (exact) mass is 273 g/mol. The maximum atomic E-state index is 4.86. The lowest BCUT2D eigenvalue weighted by atomic mass is 9.95. The van der Waals surface area contributed by atoms with Gasteiger partial charge in [0.1, 0.15) is 5.82 Å². The van der Waals surface area contributed by atoms with Crippen molar-refractivity contribution >= 4 is 0 Å². The van der Waals surface area contributed by atoms with Crippen LogP contribution in [0.1, 0.15) is 63.5 Å². The predicted octanol–water partition coefficient (Wildman–Crippen LogP) is 3.32. The number of hydrogen-bond donors (Lipinski definition) is 0. The topological polar surface area (TPSA) is 29.0 Å². The Morgan fingerprint density at radius 2 is 2.00 bits per heavy atom. The minimum absolute atomic E-state index is 0.0444. The highest BCUT2D eigenvalue weighted by molar-refractivity contribution is 5.22. The quantitative estimate of drug-likeness (QED) is 0.827. The summed E-state index contributed by atoms with van der Waals surface area (Å²) >= 11 is 0. The lowest BCUT2D eigenvalue weighted by Gasteiger charge is -2.30. The molecule has 1 aromatic rings. The van der Waals surface area contributed by atoms with Crippen molar-refractivity contribution in [3.63, 3.8) is 0 Å². The first-order valence-corrected chi connectivity index (χ1v) is 8.10. The van der Waals surface area contributed by atoms with Gasteiger partial charge in [-0.2, -0.15) is 0 Å². The normalized spacial score (nSPS) is 21.1. The molecule has 1 aliphatic heterocycles. The maximum Gasteiger partial charge on any atom is 0.133 e. The largest absolute Gasteiger partial charge is 0.297 e. The summed E-state index contributed by atoms with van der Waals surface area (Å²) in [7, 11) is 0. The highest BCUT2D eigenvalue weighted by atomic mass is 15.1. The summed E-state index contributed by atoms with van der Waals surface area (Å²) in [5.74, 6) is 1.92. The summed E-state index contributed by atoms with van der Waals surface area (Å²) in [5.41, 5.74) is 2.68.